The van der Waals surface area contributed by atoms with Crippen molar-refractivity contribution in [3.63, 3.8) is 0 Å². The summed E-state index contributed by atoms with van der Waals surface area (Å²) in [4.78, 5) is 16.7. The highest BCUT2D eigenvalue weighted by atomic mass is 35.5. The standard InChI is InChI=1S/C24H27ClN4O/c1-30-20-7-8-21-17(12-20)11-18(23(25)27-21)14-29-10-9-22-19(15-29)13-26-24(28-22)16-5-3-2-4-6-16/h7-8,11-13,16H,2-6,9-10,14-15H2,1H3. The third-order valence-electron chi connectivity index (χ3n) is 6.44. The van der Waals surface area contributed by atoms with Crippen molar-refractivity contribution in [1.29, 1.82) is 0 Å². The zero-order valence-corrected chi connectivity index (χ0v) is 18.2. The lowest BCUT2D eigenvalue weighted by Gasteiger charge is -2.29. The summed E-state index contributed by atoms with van der Waals surface area (Å²) < 4.78 is 5.35. The summed E-state index contributed by atoms with van der Waals surface area (Å²) >= 11 is 6.51. The van der Waals surface area contributed by atoms with Crippen molar-refractivity contribution < 1.29 is 4.74 Å². The number of nitrogens with zero attached hydrogens (tertiary/aromatic N) is 4. The van der Waals surface area contributed by atoms with Crippen molar-refractivity contribution in [3.8, 4) is 5.75 Å². The molecule has 1 fully saturated rings. The lowest BCUT2D eigenvalue weighted by Crippen LogP contribution is -2.31. The second-order valence-electron chi connectivity index (χ2n) is 8.49. The van der Waals surface area contributed by atoms with E-state index in [4.69, 9.17) is 26.3 Å². The fourth-order valence-electron chi connectivity index (χ4n) is 4.74. The number of ether oxygens (including phenoxy) is 1. The monoisotopic (exact) mass is 422 g/mol. The summed E-state index contributed by atoms with van der Waals surface area (Å²) in [7, 11) is 1.68. The highest BCUT2D eigenvalue weighted by molar-refractivity contribution is 6.30. The van der Waals surface area contributed by atoms with E-state index in [1.807, 2.05) is 18.2 Å². The van der Waals surface area contributed by atoms with E-state index in [9.17, 15) is 0 Å². The second kappa shape index (κ2) is 8.48. The molecule has 0 atom stereocenters. The van der Waals surface area contributed by atoms with Crippen LogP contribution >= 0.6 is 11.6 Å². The van der Waals surface area contributed by atoms with Gasteiger partial charge in [-0.15, -0.1) is 0 Å². The molecule has 3 aromatic rings. The maximum Gasteiger partial charge on any atom is 0.134 e. The maximum atomic E-state index is 6.51. The molecular formula is C24H27ClN4O. The first-order valence-electron chi connectivity index (χ1n) is 10.9. The zero-order valence-electron chi connectivity index (χ0n) is 17.4. The Morgan fingerprint density at radius 2 is 2.00 bits per heavy atom. The molecule has 5 nitrogen and oxygen atoms in total. The molecule has 2 aliphatic rings. The highest BCUT2D eigenvalue weighted by Gasteiger charge is 2.23. The van der Waals surface area contributed by atoms with Crippen LogP contribution in [0.4, 0.5) is 0 Å². The number of fused-ring (bicyclic) bond motifs is 2. The smallest absolute Gasteiger partial charge is 0.134 e. The van der Waals surface area contributed by atoms with Crippen molar-refractivity contribution in [2.75, 3.05) is 13.7 Å². The number of aromatic nitrogens is 3. The summed E-state index contributed by atoms with van der Waals surface area (Å²) in [6, 6.07) is 8.00. The van der Waals surface area contributed by atoms with E-state index in [1.54, 1.807) is 7.11 Å². The molecule has 6 heteroatoms. The molecular weight excluding hydrogens is 396 g/mol. The molecule has 0 amide bonds. The van der Waals surface area contributed by atoms with Crippen molar-refractivity contribution in [1.82, 2.24) is 19.9 Å². The molecule has 1 aliphatic heterocycles. The van der Waals surface area contributed by atoms with Crippen molar-refractivity contribution in [2.45, 2.75) is 57.5 Å². The molecule has 1 saturated carbocycles. The lowest BCUT2D eigenvalue weighted by atomic mass is 9.88. The first-order chi connectivity index (χ1) is 14.7. The van der Waals surface area contributed by atoms with Gasteiger partial charge in [0.1, 0.15) is 16.7 Å². The van der Waals surface area contributed by atoms with Gasteiger partial charge in [0.05, 0.1) is 12.6 Å². The van der Waals surface area contributed by atoms with Crippen LogP contribution in [-0.2, 0) is 19.5 Å². The number of rotatable bonds is 4. The Labute approximate surface area is 182 Å². The summed E-state index contributed by atoms with van der Waals surface area (Å²) in [5.74, 6) is 2.45. The Bertz CT molecular complexity index is 1060. The van der Waals surface area contributed by atoms with E-state index in [0.717, 1.165) is 54.1 Å². The minimum Gasteiger partial charge on any atom is -0.497 e. The van der Waals surface area contributed by atoms with E-state index in [-0.39, 0.29) is 0 Å². The van der Waals surface area contributed by atoms with Crippen LogP contribution in [0, 0.1) is 0 Å². The van der Waals surface area contributed by atoms with Crippen LogP contribution in [0.5, 0.6) is 5.75 Å². The summed E-state index contributed by atoms with van der Waals surface area (Å²) in [5, 5.41) is 1.62. The van der Waals surface area contributed by atoms with Gasteiger partial charge >= 0.3 is 0 Å². The van der Waals surface area contributed by atoms with E-state index in [0.29, 0.717) is 11.1 Å². The average Bonchev–Trinajstić information content (AvgIpc) is 2.79. The van der Waals surface area contributed by atoms with Gasteiger partial charge in [-0.3, -0.25) is 4.90 Å². The first kappa shape index (κ1) is 19.7. The van der Waals surface area contributed by atoms with Gasteiger partial charge in [0.25, 0.3) is 0 Å². The predicted molar refractivity (Wildman–Crippen MR) is 119 cm³/mol. The molecule has 0 spiro atoms. The third-order valence-corrected chi connectivity index (χ3v) is 6.77. The number of methoxy groups -OCH3 is 1. The lowest BCUT2D eigenvalue weighted by molar-refractivity contribution is 0.242. The Kier molecular flexibility index (Phi) is 5.57. The molecule has 0 N–H and O–H groups in total. The fraction of sp³-hybridized carbons (Fsp3) is 0.458. The molecule has 1 aromatic carbocycles. The zero-order chi connectivity index (χ0) is 20.5. The first-order valence-corrected chi connectivity index (χ1v) is 11.3. The summed E-state index contributed by atoms with van der Waals surface area (Å²) in [6.45, 7) is 2.59. The molecule has 0 bridgehead atoms. The van der Waals surface area contributed by atoms with Gasteiger partial charge in [0.15, 0.2) is 0 Å². The van der Waals surface area contributed by atoms with Crippen LogP contribution in [0.15, 0.2) is 30.5 Å². The summed E-state index contributed by atoms with van der Waals surface area (Å²) in [5.41, 5.74) is 4.40. The van der Waals surface area contributed by atoms with Gasteiger partial charge < -0.3 is 4.74 Å². The molecule has 30 heavy (non-hydrogen) atoms. The number of hydrogen-bond acceptors (Lipinski definition) is 5. The Morgan fingerprint density at radius 3 is 2.83 bits per heavy atom. The van der Waals surface area contributed by atoms with Gasteiger partial charge in [-0.1, -0.05) is 30.9 Å². The van der Waals surface area contributed by atoms with Crippen LogP contribution in [-0.4, -0.2) is 33.5 Å². The van der Waals surface area contributed by atoms with Crippen LogP contribution < -0.4 is 4.74 Å². The van der Waals surface area contributed by atoms with Crippen molar-refractivity contribution >= 4 is 22.5 Å². The van der Waals surface area contributed by atoms with Crippen molar-refractivity contribution in [2.24, 2.45) is 0 Å². The SMILES string of the molecule is COc1ccc2nc(Cl)c(CN3CCc4nc(C5CCCCC5)ncc4C3)cc2c1. The third kappa shape index (κ3) is 4.01. The van der Waals surface area contributed by atoms with Gasteiger partial charge in [0.2, 0.25) is 0 Å². The number of halogens is 1. The number of hydrogen-bond donors (Lipinski definition) is 0. The molecule has 0 saturated heterocycles. The molecule has 156 valence electrons. The Morgan fingerprint density at radius 1 is 1.13 bits per heavy atom. The summed E-state index contributed by atoms with van der Waals surface area (Å²) in [6.07, 6.45) is 9.48. The predicted octanol–water partition coefficient (Wildman–Crippen LogP) is 5.29. The van der Waals surface area contributed by atoms with E-state index >= 15 is 0 Å². The number of benzene rings is 1. The molecule has 0 unspecified atom stereocenters. The van der Waals surface area contributed by atoms with Crippen molar-refractivity contribution in [3.05, 3.63) is 58.3 Å². The topological polar surface area (TPSA) is 51.1 Å². The molecule has 2 aromatic heterocycles. The molecule has 1 aliphatic carbocycles. The normalized spacial score (nSPS) is 17.8. The molecule has 3 heterocycles. The van der Waals surface area contributed by atoms with Gasteiger partial charge in [-0.25, -0.2) is 15.0 Å². The van der Waals surface area contributed by atoms with Gasteiger partial charge in [-0.2, -0.15) is 0 Å². The van der Waals surface area contributed by atoms with E-state index < -0.39 is 0 Å². The van der Waals surface area contributed by atoms with Crippen LogP contribution in [0.25, 0.3) is 10.9 Å². The van der Waals surface area contributed by atoms with Gasteiger partial charge in [-0.05, 0) is 37.1 Å². The molecule has 5 rings (SSSR count). The minimum atomic E-state index is 0.557. The van der Waals surface area contributed by atoms with E-state index in [2.05, 4.69) is 22.1 Å². The Hall–Kier alpha value is -2.24. The molecule has 0 radical (unpaired) electrons. The quantitative estimate of drug-likeness (QED) is 0.534. The largest absolute Gasteiger partial charge is 0.497 e. The van der Waals surface area contributed by atoms with E-state index in [1.165, 1.54) is 43.4 Å². The maximum absolute atomic E-state index is 6.51. The van der Waals surface area contributed by atoms with Crippen LogP contribution in [0.1, 0.15) is 60.7 Å². The number of pyridine rings is 1. The average molecular weight is 423 g/mol. The Balaban J connectivity index is 1.33. The van der Waals surface area contributed by atoms with Crippen LogP contribution in [0.3, 0.4) is 0 Å². The van der Waals surface area contributed by atoms with Gasteiger partial charge in [0, 0.05) is 60.4 Å². The second-order valence-corrected chi connectivity index (χ2v) is 8.85. The highest BCUT2D eigenvalue weighted by Crippen LogP contribution is 2.32. The fourth-order valence-corrected chi connectivity index (χ4v) is 4.94. The van der Waals surface area contributed by atoms with Crippen LogP contribution in [0.2, 0.25) is 5.15 Å². The minimum absolute atomic E-state index is 0.557.